The van der Waals surface area contributed by atoms with Crippen LogP contribution >= 0.6 is 15.9 Å². The van der Waals surface area contributed by atoms with Crippen molar-refractivity contribution < 1.29 is 38.2 Å². The molecule has 8 nitrogen and oxygen atoms in total. The first-order chi connectivity index (χ1) is 9.15. The molecule has 1 rings (SSSR count). The molecule has 0 atom stereocenters. The topological polar surface area (TPSA) is 141 Å². The second-order valence-corrected chi connectivity index (χ2v) is 5.95. The Kier molecular flexibility index (Phi) is 8.57. The van der Waals surface area contributed by atoms with Gasteiger partial charge < -0.3 is 24.3 Å². The van der Waals surface area contributed by atoms with E-state index in [9.17, 15) is 9.36 Å². The van der Waals surface area contributed by atoms with Crippen molar-refractivity contribution in [3.63, 3.8) is 0 Å². The van der Waals surface area contributed by atoms with Crippen LogP contribution in [0.15, 0.2) is 24.3 Å². The van der Waals surface area contributed by atoms with Gasteiger partial charge in [-0.3, -0.25) is 9.13 Å². The van der Waals surface area contributed by atoms with E-state index < -0.39 is 21.8 Å². The molecule has 0 unspecified atom stereocenters. The number of hydrogen-bond acceptors (Lipinski definition) is 4. The van der Waals surface area contributed by atoms with E-state index >= 15 is 0 Å². The number of carbonyl (C=O) groups excluding carboxylic acids is 1. The summed E-state index contributed by atoms with van der Waals surface area (Å²) in [6.07, 6.45) is 0.0936. The minimum absolute atomic E-state index is 0.190. The Labute approximate surface area is 116 Å². The molecule has 20 heavy (non-hydrogen) atoms. The summed E-state index contributed by atoms with van der Waals surface area (Å²) in [5.74, 6) is -0.429. The fourth-order valence-corrected chi connectivity index (χ4v) is 1.75. The third-order valence-corrected chi connectivity index (χ3v) is 2.87. The Morgan fingerprint density at radius 1 is 1.25 bits per heavy atom. The van der Waals surface area contributed by atoms with Crippen molar-refractivity contribution in [2.45, 2.75) is 6.42 Å². The van der Waals surface area contributed by atoms with Gasteiger partial charge in [0.25, 0.3) is 0 Å². The van der Waals surface area contributed by atoms with Crippen molar-refractivity contribution in [3.05, 3.63) is 35.4 Å². The van der Waals surface area contributed by atoms with Gasteiger partial charge in [0.15, 0.2) is 0 Å². The van der Waals surface area contributed by atoms with Crippen molar-refractivity contribution >= 4 is 21.8 Å². The van der Waals surface area contributed by atoms with Crippen LogP contribution in [0.5, 0.6) is 0 Å². The zero-order valence-electron chi connectivity index (χ0n) is 10.6. The summed E-state index contributed by atoms with van der Waals surface area (Å²) in [7, 11) is -5.79. The van der Waals surface area contributed by atoms with E-state index in [1.807, 2.05) is 0 Å². The first-order valence-corrected chi connectivity index (χ1v) is 8.39. The molecule has 10 heteroatoms. The third-order valence-electron chi connectivity index (χ3n) is 2.07. The summed E-state index contributed by atoms with van der Waals surface area (Å²) >= 11 is 0. The Balaban J connectivity index is 0.000000796. The SMILES string of the molecule is COC(=O)c1ccc(CCP(=O)(O)O)cc1.O=[PH](O)O. The Morgan fingerprint density at radius 3 is 2.05 bits per heavy atom. The highest BCUT2D eigenvalue weighted by molar-refractivity contribution is 7.51. The van der Waals surface area contributed by atoms with Crippen molar-refractivity contribution in [2.75, 3.05) is 13.3 Å². The van der Waals surface area contributed by atoms with Crippen molar-refractivity contribution in [2.24, 2.45) is 0 Å². The zero-order valence-corrected chi connectivity index (χ0v) is 12.5. The quantitative estimate of drug-likeness (QED) is 0.464. The fraction of sp³-hybridized carbons (Fsp3) is 0.300. The molecule has 0 radical (unpaired) electrons. The van der Waals surface area contributed by atoms with Crippen LogP contribution in [0.2, 0.25) is 0 Å². The van der Waals surface area contributed by atoms with Crippen molar-refractivity contribution in [1.29, 1.82) is 0 Å². The highest BCUT2D eigenvalue weighted by Crippen LogP contribution is 2.34. The first kappa shape index (κ1) is 19.0. The van der Waals surface area contributed by atoms with Crippen LogP contribution in [0.25, 0.3) is 0 Å². The molecule has 0 amide bonds. The molecule has 0 aliphatic rings. The van der Waals surface area contributed by atoms with Crippen LogP contribution in [0.4, 0.5) is 0 Å². The second-order valence-electron chi connectivity index (χ2n) is 3.61. The van der Waals surface area contributed by atoms with E-state index in [4.69, 9.17) is 24.1 Å². The number of hydrogen-bond donors (Lipinski definition) is 4. The summed E-state index contributed by atoms with van der Waals surface area (Å²) < 4.78 is 23.9. The number of methoxy groups -OCH3 is 1. The van der Waals surface area contributed by atoms with Crippen LogP contribution < -0.4 is 0 Å². The van der Waals surface area contributed by atoms with Crippen LogP contribution in [0.1, 0.15) is 15.9 Å². The van der Waals surface area contributed by atoms with E-state index in [0.717, 1.165) is 5.56 Å². The Hall–Kier alpha value is -1.01. The van der Waals surface area contributed by atoms with Gasteiger partial charge in [-0.1, -0.05) is 12.1 Å². The van der Waals surface area contributed by atoms with E-state index in [-0.39, 0.29) is 12.6 Å². The van der Waals surface area contributed by atoms with Gasteiger partial charge in [-0.05, 0) is 24.1 Å². The predicted molar refractivity (Wildman–Crippen MR) is 71.8 cm³/mol. The van der Waals surface area contributed by atoms with E-state index in [1.54, 1.807) is 24.3 Å². The maximum Gasteiger partial charge on any atom is 0.337 e. The lowest BCUT2D eigenvalue weighted by atomic mass is 10.1. The smallest absolute Gasteiger partial charge is 0.337 e. The summed E-state index contributed by atoms with van der Waals surface area (Å²) in [5.41, 5.74) is 1.19. The largest absolute Gasteiger partial charge is 0.465 e. The average Bonchev–Trinajstić information content (AvgIpc) is 2.34. The lowest BCUT2D eigenvalue weighted by molar-refractivity contribution is 0.0600. The van der Waals surface area contributed by atoms with Crippen molar-refractivity contribution in [1.82, 2.24) is 0 Å². The molecule has 0 aromatic heterocycles. The predicted octanol–water partition coefficient (Wildman–Crippen LogP) is 0.554. The molecule has 0 aliphatic carbocycles. The molecule has 0 saturated carbocycles. The second kappa shape index (κ2) is 9.02. The minimum atomic E-state index is -3.96. The lowest BCUT2D eigenvalue weighted by Gasteiger charge is -2.04. The molecule has 0 saturated heterocycles. The minimum Gasteiger partial charge on any atom is -0.465 e. The lowest BCUT2D eigenvalue weighted by Crippen LogP contribution is -2.01. The number of esters is 1. The maximum absolute atomic E-state index is 11.1. The molecule has 114 valence electrons. The van der Waals surface area contributed by atoms with Gasteiger partial charge in [0.1, 0.15) is 0 Å². The normalized spacial score (nSPS) is 10.7. The highest BCUT2D eigenvalue weighted by atomic mass is 31.2. The van der Waals surface area contributed by atoms with E-state index in [2.05, 4.69) is 4.74 Å². The van der Waals surface area contributed by atoms with E-state index in [0.29, 0.717) is 5.56 Å². The number of ether oxygens (including phenoxy) is 1. The molecule has 0 bridgehead atoms. The van der Waals surface area contributed by atoms with Gasteiger partial charge >= 0.3 is 21.8 Å². The summed E-state index contributed by atoms with van der Waals surface area (Å²) in [6.45, 7) is 0. The molecule has 1 aromatic rings. The summed E-state index contributed by atoms with van der Waals surface area (Å²) in [5, 5.41) is 0. The number of rotatable bonds is 4. The Bertz CT molecular complexity index is 488. The molecule has 4 N–H and O–H groups in total. The third kappa shape index (κ3) is 9.86. The first-order valence-electron chi connectivity index (χ1n) is 5.29. The monoisotopic (exact) mass is 326 g/mol. The van der Waals surface area contributed by atoms with Crippen molar-refractivity contribution in [3.8, 4) is 0 Å². The number of aryl methyl sites for hydroxylation is 1. The fourth-order valence-electron chi connectivity index (χ4n) is 1.20. The zero-order chi connectivity index (χ0) is 15.8. The number of carbonyl (C=O) groups is 1. The molecule has 1 aromatic carbocycles. The molecular weight excluding hydrogens is 310 g/mol. The van der Waals surface area contributed by atoms with Gasteiger partial charge in [0, 0.05) is 0 Å². The highest BCUT2D eigenvalue weighted by Gasteiger charge is 2.12. The van der Waals surface area contributed by atoms with Crippen LogP contribution in [-0.4, -0.2) is 38.8 Å². The van der Waals surface area contributed by atoms with Crippen LogP contribution in [-0.2, 0) is 20.3 Å². The summed E-state index contributed by atoms with van der Waals surface area (Å²) in [6, 6.07) is 6.45. The maximum atomic E-state index is 11.1. The van der Waals surface area contributed by atoms with Crippen LogP contribution in [0, 0.1) is 0 Å². The molecular formula is C10H16O8P2. The van der Waals surface area contributed by atoms with Gasteiger partial charge in [0.05, 0.1) is 18.8 Å². The van der Waals surface area contributed by atoms with E-state index in [1.165, 1.54) is 7.11 Å². The van der Waals surface area contributed by atoms with Crippen LogP contribution in [0.3, 0.4) is 0 Å². The van der Waals surface area contributed by atoms with Gasteiger partial charge in [-0.25, -0.2) is 4.79 Å². The number of benzene rings is 1. The standard InChI is InChI=1S/C10H13O5P.H3O3P/c1-15-10(11)9-4-2-8(3-5-9)6-7-16(12,13)14;1-4(2)3/h2-5H,6-7H2,1H3,(H2,12,13,14);4H,(H2,1,2,3). The Morgan fingerprint density at radius 2 is 1.70 bits per heavy atom. The molecule has 0 fully saturated rings. The molecule has 0 spiro atoms. The van der Waals surface area contributed by atoms with Gasteiger partial charge in [-0.15, -0.1) is 0 Å². The van der Waals surface area contributed by atoms with Gasteiger partial charge in [0.2, 0.25) is 0 Å². The average molecular weight is 326 g/mol. The molecule has 0 heterocycles. The van der Waals surface area contributed by atoms with Gasteiger partial charge in [-0.2, -0.15) is 0 Å². The molecule has 0 aliphatic heterocycles. The summed E-state index contributed by atoms with van der Waals surface area (Å²) in [4.78, 5) is 42.8.